The molecule has 6 heteroatoms. The van der Waals surface area contributed by atoms with Gasteiger partial charge in [0.1, 0.15) is 5.82 Å². The molecule has 29 heavy (non-hydrogen) atoms. The summed E-state index contributed by atoms with van der Waals surface area (Å²) in [5.74, 6) is 0.672. The Labute approximate surface area is 172 Å². The minimum Gasteiger partial charge on any atom is -0.493 e. The molecule has 2 aliphatic carbocycles. The van der Waals surface area contributed by atoms with Crippen molar-refractivity contribution in [3.05, 3.63) is 17.9 Å². The summed E-state index contributed by atoms with van der Waals surface area (Å²) in [7, 11) is 1.55. The molecule has 0 bridgehead atoms. The van der Waals surface area contributed by atoms with Crippen LogP contribution in [0.1, 0.15) is 64.2 Å². The maximum atomic E-state index is 14.8. The van der Waals surface area contributed by atoms with E-state index in [1.54, 1.807) is 7.11 Å². The molecule has 1 aromatic carbocycles. The molecule has 160 valence electrons. The highest BCUT2D eigenvalue weighted by Gasteiger charge is 2.41. The fourth-order valence-corrected chi connectivity index (χ4v) is 5.26. The van der Waals surface area contributed by atoms with Gasteiger partial charge in [0.2, 0.25) is 0 Å². The van der Waals surface area contributed by atoms with E-state index in [-0.39, 0.29) is 18.3 Å². The number of piperidine rings is 1. The second kappa shape index (κ2) is 8.41. The lowest BCUT2D eigenvalue weighted by Crippen LogP contribution is -2.39. The third-order valence-corrected chi connectivity index (χ3v) is 7.31. The van der Waals surface area contributed by atoms with Crippen molar-refractivity contribution in [2.45, 2.75) is 70.3 Å². The average molecular weight is 406 g/mol. The lowest BCUT2D eigenvalue weighted by Gasteiger charge is -2.41. The Morgan fingerprint density at radius 2 is 1.97 bits per heavy atom. The normalized spacial score (nSPS) is 23.8. The van der Waals surface area contributed by atoms with Gasteiger partial charge in [0, 0.05) is 31.6 Å². The van der Waals surface area contributed by atoms with Crippen molar-refractivity contribution in [1.29, 1.82) is 0 Å². The smallest absolute Gasteiger partial charge is 0.303 e. The molecule has 0 amide bonds. The lowest BCUT2D eigenvalue weighted by atomic mass is 9.76. The molecule has 1 unspecified atom stereocenters. The fourth-order valence-electron chi connectivity index (χ4n) is 5.26. The van der Waals surface area contributed by atoms with Crippen LogP contribution in [0.25, 0.3) is 0 Å². The number of hydrogen-bond donors (Lipinski definition) is 1. The van der Waals surface area contributed by atoms with Gasteiger partial charge in [-0.25, -0.2) is 4.39 Å². The van der Waals surface area contributed by atoms with Crippen LogP contribution in [0.15, 0.2) is 12.1 Å². The number of carboxylic acids is 1. The zero-order valence-electron chi connectivity index (χ0n) is 17.3. The monoisotopic (exact) mass is 405 g/mol. The van der Waals surface area contributed by atoms with Gasteiger partial charge >= 0.3 is 5.97 Å². The molecule has 1 aliphatic heterocycles. The van der Waals surface area contributed by atoms with Gasteiger partial charge < -0.3 is 19.5 Å². The summed E-state index contributed by atoms with van der Waals surface area (Å²) in [6.07, 6.45) is 10.1. The molecule has 0 radical (unpaired) electrons. The van der Waals surface area contributed by atoms with E-state index in [9.17, 15) is 9.18 Å². The number of halogens is 1. The van der Waals surface area contributed by atoms with E-state index in [4.69, 9.17) is 14.6 Å². The van der Waals surface area contributed by atoms with Crippen molar-refractivity contribution < 1.29 is 23.8 Å². The lowest BCUT2D eigenvalue weighted by molar-refractivity contribution is -0.137. The van der Waals surface area contributed by atoms with Crippen LogP contribution in [-0.2, 0) is 4.79 Å². The van der Waals surface area contributed by atoms with E-state index in [0.29, 0.717) is 28.5 Å². The maximum absolute atomic E-state index is 14.8. The van der Waals surface area contributed by atoms with Crippen molar-refractivity contribution in [1.82, 2.24) is 0 Å². The van der Waals surface area contributed by atoms with Gasteiger partial charge in [-0.3, -0.25) is 4.79 Å². The number of aliphatic carboxylic acids is 1. The molecule has 0 aromatic heterocycles. The van der Waals surface area contributed by atoms with Crippen LogP contribution in [0, 0.1) is 17.2 Å². The number of nitrogens with zero attached hydrogens (tertiary/aromatic N) is 1. The number of carboxylic acid groups (broad SMARTS) is 1. The van der Waals surface area contributed by atoms with Crippen molar-refractivity contribution in [2.75, 3.05) is 25.1 Å². The summed E-state index contributed by atoms with van der Waals surface area (Å²) in [6, 6.07) is 3.26. The van der Waals surface area contributed by atoms with Gasteiger partial charge in [-0.1, -0.05) is 0 Å². The average Bonchev–Trinajstić information content (AvgIpc) is 3.07. The largest absolute Gasteiger partial charge is 0.493 e. The van der Waals surface area contributed by atoms with Gasteiger partial charge in [0.15, 0.2) is 11.5 Å². The molecule has 1 N–H and O–H groups in total. The maximum Gasteiger partial charge on any atom is 0.303 e. The van der Waals surface area contributed by atoms with Gasteiger partial charge in [-0.15, -0.1) is 0 Å². The first-order valence-electron chi connectivity index (χ1n) is 11.0. The number of methoxy groups -OCH3 is 1. The predicted molar refractivity (Wildman–Crippen MR) is 109 cm³/mol. The Bertz CT molecular complexity index is 741. The Hall–Kier alpha value is -1.98. The summed E-state index contributed by atoms with van der Waals surface area (Å²) in [4.78, 5) is 13.0. The minimum atomic E-state index is -0.698. The van der Waals surface area contributed by atoms with Crippen LogP contribution in [0.3, 0.4) is 0 Å². The van der Waals surface area contributed by atoms with Crippen LogP contribution in [-0.4, -0.2) is 37.4 Å². The SMILES string of the molecule is COc1cc(F)c(N2CCC3(CCC(CCC(=O)O)C3)CC2)cc1OC1CCC1. The van der Waals surface area contributed by atoms with Crippen LogP contribution in [0.2, 0.25) is 0 Å². The molecule has 2 saturated carbocycles. The second-order valence-electron chi connectivity index (χ2n) is 9.15. The molecule has 3 aliphatic rings. The number of ether oxygens (including phenoxy) is 2. The van der Waals surface area contributed by atoms with Crippen LogP contribution in [0.5, 0.6) is 11.5 Å². The van der Waals surface area contributed by atoms with Crippen LogP contribution < -0.4 is 14.4 Å². The number of carbonyl (C=O) groups is 1. The minimum absolute atomic E-state index is 0.216. The molecule has 1 aromatic rings. The standard InChI is InChI=1S/C23H32FNO4/c1-28-20-13-18(24)19(14-21(20)29-17-3-2-4-17)25-11-9-23(10-12-25)8-7-16(15-23)5-6-22(26)27/h13-14,16-17H,2-12,15H2,1H3,(H,26,27). The number of anilines is 1. The van der Waals surface area contributed by atoms with Crippen molar-refractivity contribution in [2.24, 2.45) is 11.3 Å². The number of hydrogen-bond acceptors (Lipinski definition) is 4. The van der Waals surface area contributed by atoms with E-state index < -0.39 is 5.97 Å². The highest BCUT2D eigenvalue weighted by atomic mass is 19.1. The molecule has 1 heterocycles. The summed E-state index contributed by atoms with van der Waals surface area (Å²) in [6.45, 7) is 1.66. The zero-order valence-corrected chi connectivity index (χ0v) is 17.3. The van der Waals surface area contributed by atoms with E-state index in [1.807, 2.05) is 6.07 Å². The molecule has 5 nitrogen and oxygen atoms in total. The Balaban J connectivity index is 1.40. The Morgan fingerprint density at radius 1 is 1.21 bits per heavy atom. The van der Waals surface area contributed by atoms with Gasteiger partial charge in [-0.05, 0) is 69.1 Å². The van der Waals surface area contributed by atoms with Gasteiger partial charge in [0.05, 0.1) is 18.9 Å². The summed E-state index contributed by atoms with van der Waals surface area (Å²) >= 11 is 0. The van der Waals surface area contributed by atoms with E-state index >= 15 is 0 Å². The van der Waals surface area contributed by atoms with Crippen molar-refractivity contribution >= 4 is 11.7 Å². The predicted octanol–water partition coefficient (Wildman–Crippen LogP) is 5.02. The van der Waals surface area contributed by atoms with E-state index in [0.717, 1.165) is 58.0 Å². The fraction of sp³-hybridized carbons (Fsp3) is 0.696. The van der Waals surface area contributed by atoms with Gasteiger partial charge in [-0.2, -0.15) is 0 Å². The first kappa shape index (κ1) is 20.3. The first-order valence-corrected chi connectivity index (χ1v) is 11.0. The van der Waals surface area contributed by atoms with Crippen molar-refractivity contribution in [3.63, 3.8) is 0 Å². The number of benzene rings is 1. The second-order valence-corrected chi connectivity index (χ2v) is 9.15. The molecule has 1 spiro atoms. The third-order valence-electron chi connectivity index (χ3n) is 7.31. The summed E-state index contributed by atoms with van der Waals surface area (Å²) < 4.78 is 26.2. The third kappa shape index (κ3) is 4.46. The Morgan fingerprint density at radius 3 is 2.59 bits per heavy atom. The highest BCUT2D eigenvalue weighted by molar-refractivity contribution is 5.66. The van der Waals surface area contributed by atoms with Gasteiger partial charge in [0.25, 0.3) is 0 Å². The highest BCUT2D eigenvalue weighted by Crippen LogP contribution is 2.51. The van der Waals surface area contributed by atoms with Crippen LogP contribution >= 0.6 is 0 Å². The molecular weight excluding hydrogens is 373 g/mol. The first-order chi connectivity index (χ1) is 14.0. The summed E-state index contributed by atoms with van der Waals surface area (Å²) in [5.41, 5.74) is 0.920. The molecule has 3 fully saturated rings. The topological polar surface area (TPSA) is 59.0 Å². The van der Waals surface area contributed by atoms with E-state index in [1.165, 1.54) is 18.9 Å². The molecular formula is C23H32FNO4. The summed E-state index contributed by atoms with van der Waals surface area (Å²) in [5, 5.41) is 8.93. The molecule has 4 rings (SSSR count). The van der Waals surface area contributed by atoms with Crippen LogP contribution in [0.4, 0.5) is 10.1 Å². The number of rotatable bonds is 7. The zero-order chi connectivity index (χ0) is 20.4. The van der Waals surface area contributed by atoms with E-state index in [2.05, 4.69) is 4.90 Å². The molecule has 1 atom stereocenters. The van der Waals surface area contributed by atoms with Crippen molar-refractivity contribution in [3.8, 4) is 11.5 Å². The molecule has 1 saturated heterocycles. The Kier molecular flexibility index (Phi) is 5.88. The quantitative estimate of drug-likeness (QED) is 0.690.